The van der Waals surface area contributed by atoms with Crippen LogP contribution >= 0.6 is 0 Å². The summed E-state index contributed by atoms with van der Waals surface area (Å²) < 4.78 is 44.1. The fourth-order valence-electron chi connectivity index (χ4n) is 2.40. The van der Waals surface area contributed by atoms with E-state index in [1.54, 1.807) is 0 Å². The average molecular weight is 369 g/mol. The Labute approximate surface area is 150 Å². The van der Waals surface area contributed by atoms with Crippen LogP contribution < -0.4 is 5.73 Å². The molecule has 3 N–H and O–H groups in total. The molecular formula is C18H10F3N5O. The third kappa shape index (κ3) is 3.53. The summed E-state index contributed by atoms with van der Waals surface area (Å²) in [5, 5.41) is 24.6. The number of rotatable bonds is 3. The van der Waals surface area contributed by atoms with Crippen LogP contribution in [0.25, 0.3) is 23.0 Å². The molecule has 0 fully saturated rings. The van der Waals surface area contributed by atoms with Gasteiger partial charge in [0.1, 0.15) is 29.2 Å². The van der Waals surface area contributed by atoms with Gasteiger partial charge in [-0.25, -0.2) is 0 Å². The molecule has 0 aliphatic carbocycles. The van der Waals surface area contributed by atoms with E-state index in [2.05, 4.69) is 10.2 Å². The molecule has 0 amide bonds. The maximum atomic E-state index is 12.8. The van der Waals surface area contributed by atoms with E-state index in [1.165, 1.54) is 30.3 Å². The summed E-state index contributed by atoms with van der Waals surface area (Å²) in [6.45, 7) is 0. The van der Waals surface area contributed by atoms with Crippen LogP contribution in [0.5, 0.6) is 0 Å². The molecule has 6 nitrogen and oxygen atoms in total. The largest absolute Gasteiger partial charge is 0.457 e. The summed E-state index contributed by atoms with van der Waals surface area (Å²) in [5.41, 5.74) is 5.20. The van der Waals surface area contributed by atoms with E-state index in [0.29, 0.717) is 0 Å². The van der Waals surface area contributed by atoms with Crippen molar-refractivity contribution in [3.05, 3.63) is 59.0 Å². The third-order valence-corrected chi connectivity index (χ3v) is 3.68. The first-order valence-corrected chi connectivity index (χ1v) is 7.47. The SMILES string of the molecule is N#CC(=Cc1ccc(-c2cccc(C(F)(F)F)c2)o1)c1[nH]nc(N)c1C#N. The quantitative estimate of drug-likeness (QED) is 0.671. The van der Waals surface area contributed by atoms with Gasteiger partial charge in [0, 0.05) is 11.6 Å². The first-order valence-electron chi connectivity index (χ1n) is 7.47. The van der Waals surface area contributed by atoms with E-state index in [9.17, 15) is 18.4 Å². The standard InChI is InChI=1S/C18H10F3N5O/c19-18(20,21)12-3-1-2-10(6-12)15-5-4-13(27-15)7-11(8-22)16-14(9-23)17(24)26-25-16/h1-7H,(H3,24,25,26). The van der Waals surface area contributed by atoms with Gasteiger partial charge in [0.15, 0.2) is 5.82 Å². The summed E-state index contributed by atoms with van der Waals surface area (Å²) in [7, 11) is 0. The lowest BCUT2D eigenvalue weighted by atomic mass is 10.1. The van der Waals surface area contributed by atoms with Crippen molar-refractivity contribution in [2.75, 3.05) is 5.73 Å². The van der Waals surface area contributed by atoms with Crippen molar-refractivity contribution < 1.29 is 17.6 Å². The molecule has 3 aromatic rings. The van der Waals surface area contributed by atoms with Crippen molar-refractivity contribution in [3.8, 4) is 23.5 Å². The maximum absolute atomic E-state index is 12.8. The minimum atomic E-state index is -4.46. The Kier molecular flexibility index (Phi) is 4.44. The van der Waals surface area contributed by atoms with Crippen molar-refractivity contribution in [1.29, 1.82) is 10.5 Å². The molecule has 1 aromatic carbocycles. The number of anilines is 1. The fourth-order valence-corrected chi connectivity index (χ4v) is 2.40. The third-order valence-electron chi connectivity index (χ3n) is 3.68. The van der Waals surface area contributed by atoms with Gasteiger partial charge in [-0.05, 0) is 24.3 Å². The summed E-state index contributed by atoms with van der Waals surface area (Å²) >= 11 is 0. The first-order chi connectivity index (χ1) is 12.8. The molecule has 0 saturated carbocycles. The predicted molar refractivity (Wildman–Crippen MR) is 90.3 cm³/mol. The number of alkyl halides is 3. The van der Waals surface area contributed by atoms with E-state index in [0.717, 1.165) is 12.1 Å². The number of nitrogen functional groups attached to an aromatic ring is 1. The van der Waals surface area contributed by atoms with Gasteiger partial charge in [0.2, 0.25) is 0 Å². The summed E-state index contributed by atoms with van der Waals surface area (Å²) in [6.07, 6.45) is -3.13. The van der Waals surface area contributed by atoms with Crippen LogP contribution in [0.1, 0.15) is 22.6 Å². The van der Waals surface area contributed by atoms with Crippen LogP contribution in [0, 0.1) is 22.7 Å². The van der Waals surface area contributed by atoms with E-state index in [4.69, 9.17) is 15.4 Å². The Morgan fingerprint density at radius 2 is 2.00 bits per heavy atom. The van der Waals surface area contributed by atoms with Crippen molar-refractivity contribution in [2.45, 2.75) is 6.18 Å². The normalized spacial score (nSPS) is 11.8. The van der Waals surface area contributed by atoms with E-state index in [1.807, 2.05) is 12.1 Å². The van der Waals surface area contributed by atoms with Crippen LogP contribution in [0.2, 0.25) is 0 Å². The molecule has 3 rings (SSSR count). The van der Waals surface area contributed by atoms with E-state index < -0.39 is 11.7 Å². The number of benzene rings is 1. The molecule has 0 aliphatic heterocycles. The van der Waals surface area contributed by atoms with E-state index >= 15 is 0 Å². The van der Waals surface area contributed by atoms with Gasteiger partial charge in [-0.15, -0.1) is 0 Å². The number of aromatic nitrogens is 2. The van der Waals surface area contributed by atoms with Crippen molar-refractivity contribution in [1.82, 2.24) is 10.2 Å². The highest BCUT2D eigenvalue weighted by Gasteiger charge is 2.30. The summed E-state index contributed by atoms with van der Waals surface area (Å²) in [4.78, 5) is 0. The fraction of sp³-hybridized carbons (Fsp3) is 0.0556. The molecule has 0 radical (unpaired) electrons. The van der Waals surface area contributed by atoms with Crippen LogP contribution in [-0.4, -0.2) is 10.2 Å². The number of H-pyrrole nitrogens is 1. The number of hydrogen-bond acceptors (Lipinski definition) is 5. The summed E-state index contributed by atoms with van der Waals surface area (Å²) in [6, 6.07) is 11.4. The van der Waals surface area contributed by atoms with Gasteiger partial charge < -0.3 is 10.2 Å². The van der Waals surface area contributed by atoms with Gasteiger partial charge in [-0.2, -0.15) is 28.8 Å². The van der Waals surface area contributed by atoms with Gasteiger partial charge in [0.25, 0.3) is 0 Å². The van der Waals surface area contributed by atoms with Gasteiger partial charge in [0.05, 0.1) is 16.8 Å². The molecule has 134 valence electrons. The maximum Gasteiger partial charge on any atom is 0.416 e. The number of halogens is 3. The molecule has 0 saturated heterocycles. The second-order valence-electron chi connectivity index (χ2n) is 5.42. The highest BCUT2D eigenvalue weighted by molar-refractivity contribution is 5.90. The lowest BCUT2D eigenvalue weighted by Crippen LogP contribution is -2.04. The van der Waals surface area contributed by atoms with Gasteiger partial charge >= 0.3 is 6.18 Å². The molecular weight excluding hydrogens is 359 g/mol. The Hall–Kier alpha value is -3.98. The number of allylic oxidation sites excluding steroid dienone is 1. The second kappa shape index (κ2) is 6.73. The van der Waals surface area contributed by atoms with Crippen molar-refractivity contribution >= 4 is 17.5 Å². The summed E-state index contributed by atoms with van der Waals surface area (Å²) in [5.74, 6) is 0.378. The highest BCUT2D eigenvalue weighted by atomic mass is 19.4. The van der Waals surface area contributed by atoms with Crippen LogP contribution in [0.4, 0.5) is 19.0 Å². The first kappa shape index (κ1) is 17.8. The minimum absolute atomic E-state index is 0.0208. The number of aromatic amines is 1. The minimum Gasteiger partial charge on any atom is -0.457 e. The average Bonchev–Trinajstić information content (AvgIpc) is 3.25. The van der Waals surface area contributed by atoms with Gasteiger partial charge in [-0.3, -0.25) is 5.10 Å². The predicted octanol–water partition coefficient (Wildman–Crippen LogP) is 4.21. The molecule has 2 heterocycles. The monoisotopic (exact) mass is 369 g/mol. The lowest BCUT2D eigenvalue weighted by Gasteiger charge is -2.07. The number of hydrogen-bond donors (Lipinski definition) is 2. The smallest absolute Gasteiger partial charge is 0.416 e. The number of nitrogens with two attached hydrogens (primary N) is 1. The molecule has 0 atom stereocenters. The topological polar surface area (TPSA) is 115 Å². The van der Waals surface area contributed by atoms with Crippen LogP contribution in [-0.2, 0) is 6.18 Å². The van der Waals surface area contributed by atoms with Crippen molar-refractivity contribution in [2.24, 2.45) is 0 Å². The Morgan fingerprint density at radius 3 is 2.67 bits per heavy atom. The molecule has 0 aliphatic rings. The zero-order chi connectivity index (χ0) is 19.6. The van der Waals surface area contributed by atoms with Crippen molar-refractivity contribution in [3.63, 3.8) is 0 Å². The number of nitrogens with one attached hydrogen (secondary N) is 1. The Bertz CT molecular complexity index is 1110. The molecule has 9 heteroatoms. The lowest BCUT2D eigenvalue weighted by molar-refractivity contribution is -0.137. The van der Waals surface area contributed by atoms with Crippen LogP contribution in [0.15, 0.2) is 40.8 Å². The highest BCUT2D eigenvalue weighted by Crippen LogP contribution is 2.33. The Balaban J connectivity index is 1.97. The van der Waals surface area contributed by atoms with E-state index in [-0.39, 0.29) is 39.7 Å². The second-order valence-corrected chi connectivity index (χ2v) is 5.42. The number of nitrogens with zero attached hydrogens (tertiary/aromatic N) is 3. The van der Waals surface area contributed by atoms with Crippen LogP contribution in [0.3, 0.4) is 0 Å². The number of furan rings is 1. The number of nitriles is 2. The molecule has 0 bridgehead atoms. The van der Waals surface area contributed by atoms with Gasteiger partial charge in [-0.1, -0.05) is 12.1 Å². The molecule has 2 aromatic heterocycles. The molecule has 0 spiro atoms. The zero-order valence-corrected chi connectivity index (χ0v) is 13.5. The molecule has 27 heavy (non-hydrogen) atoms. The Morgan fingerprint density at radius 1 is 1.22 bits per heavy atom. The molecule has 0 unspecified atom stereocenters. The zero-order valence-electron chi connectivity index (χ0n) is 13.5.